The zero-order chi connectivity index (χ0) is 16.5. The first-order chi connectivity index (χ1) is 11.2. The molecule has 1 N–H and O–H groups in total. The van der Waals surface area contributed by atoms with Gasteiger partial charge in [0.2, 0.25) is 0 Å². The molecule has 2 rings (SSSR count). The maximum atomic E-state index is 10.8. The van der Waals surface area contributed by atoms with Crippen LogP contribution in [0.2, 0.25) is 0 Å². The van der Waals surface area contributed by atoms with Gasteiger partial charge in [-0.3, -0.25) is 0 Å². The number of hydrogen-bond donors (Lipinski definition) is 1. The van der Waals surface area contributed by atoms with Crippen molar-refractivity contribution in [1.29, 1.82) is 0 Å². The van der Waals surface area contributed by atoms with Gasteiger partial charge in [-0.1, -0.05) is 71.6 Å². The molecule has 0 aromatic heterocycles. The van der Waals surface area contributed by atoms with Crippen LogP contribution in [0.15, 0.2) is 0 Å². The van der Waals surface area contributed by atoms with E-state index in [0.717, 1.165) is 37.0 Å². The Balaban J connectivity index is 1.64. The van der Waals surface area contributed by atoms with Gasteiger partial charge in [-0.2, -0.15) is 0 Å². The van der Waals surface area contributed by atoms with Crippen molar-refractivity contribution in [1.82, 2.24) is 0 Å². The lowest BCUT2D eigenvalue weighted by Crippen LogP contribution is -2.36. The SMILES string of the molecule is CCCCCC1CCC(C2CCC(O)(CCCCC)CC2)CC1. The third kappa shape index (κ3) is 6.40. The molecule has 0 saturated heterocycles. The third-order valence-corrected chi connectivity index (χ3v) is 6.98. The number of hydrogen-bond acceptors (Lipinski definition) is 1. The summed E-state index contributed by atoms with van der Waals surface area (Å²) in [5.74, 6) is 2.95. The summed E-state index contributed by atoms with van der Waals surface area (Å²) in [5.41, 5.74) is -0.303. The van der Waals surface area contributed by atoms with E-state index in [1.54, 1.807) is 0 Å². The van der Waals surface area contributed by atoms with E-state index in [-0.39, 0.29) is 5.60 Å². The quantitative estimate of drug-likeness (QED) is 0.459. The second-order valence-corrected chi connectivity index (χ2v) is 8.80. The fourth-order valence-electron chi connectivity index (χ4n) is 5.23. The van der Waals surface area contributed by atoms with Gasteiger partial charge < -0.3 is 5.11 Å². The van der Waals surface area contributed by atoms with E-state index >= 15 is 0 Å². The normalized spacial score (nSPS) is 35.3. The predicted octanol–water partition coefficient (Wildman–Crippen LogP) is 6.87. The third-order valence-electron chi connectivity index (χ3n) is 6.98. The number of unbranched alkanes of at least 4 members (excludes halogenated alkanes) is 4. The Morgan fingerprint density at radius 3 is 1.91 bits per heavy atom. The maximum Gasteiger partial charge on any atom is 0.0648 e. The molecule has 0 unspecified atom stereocenters. The molecule has 0 aromatic rings. The molecule has 2 aliphatic rings. The summed E-state index contributed by atoms with van der Waals surface area (Å²) >= 11 is 0. The highest BCUT2D eigenvalue weighted by molar-refractivity contribution is 4.89. The van der Waals surface area contributed by atoms with Gasteiger partial charge in [-0.05, 0) is 62.7 Å². The van der Waals surface area contributed by atoms with E-state index in [9.17, 15) is 5.11 Å². The van der Waals surface area contributed by atoms with Crippen molar-refractivity contribution in [2.45, 2.75) is 122 Å². The highest BCUT2D eigenvalue weighted by Crippen LogP contribution is 2.44. The first-order valence-electron chi connectivity index (χ1n) is 10.9. The monoisotopic (exact) mass is 322 g/mol. The lowest BCUT2D eigenvalue weighted by molar-refractivity contribution is -0.0293. The highest BCUT2D eigenvalue weighted by Gasteiger charge is 2.36. The van der Waals surface area contributed by atoms with Crippen LogP contribution in [0.1, 0.15) is 117 Å². The van der Waals surface area contributed by atoms with Gasteiger partial charge in [0.05, 0.1) is 5.60 Å². The van der Waals surface area contributed by atoms with Crippen LogP contribution in [0.4, 0.5) is 0 Å². The summed E-state index contributed by atoms with van der Waals surface area (Å²) in [6.07, 6.45) is 21.3. The van der Waals surface area contributed by atoms with Gasteiger partial charge in [-0.15, -0.1) is 0 Å². The van der Waals surface area contributed by atoms with Gasteiger partial charge in [-0.25, -0.2) is 0 Å². The molecule has 0 radical (unpaired) electrons. The molecule has 0 aromatic carbocycles. The first-order valence-corrected chi connectivity index (χ1v) is 10.9. The van der Waals surface area contributed by atoms with Gasteiger partial charge in [0.15, 0.2) is 0 Å². The van der Waals surface area contributed by atoms with Gasteiger partial charge in [0.25, 0.3) is 0 Å². The van der Waals surface area contributed by atoms with Crippen molar-refractivity contribution >= 4 is 0 Å². The van der Waals surface area contributed by atoms with Crippen LogP contribution in [0.5, 0.6) is 0 Å². The molecule has 0 aliphatic heterocycles. The summed E-state index contributed by atoms with van der Waals surface area (Å²) in [4.78, 5) is 0. The number of aliphatic hydroxyl groups is 1. The van der Waals surface area contributed by atoms with Gasteiger partial charge >= 0.3 is 0 Å². The zero-order valence-corrected chi connectivity index (χ0v) is 16.0. The fourth-order valence-corrected chi connectivity index (χ4v) is 5.23. The molecule has 1 nitrogen and oxygen atoms in total. The molecular weight excluding hydrogens is 280 g/mol. The summed E-state index contributed by atoms with van der Waals surface area (Å²) in [7, 11) is 0. The Hall–Kier alpha value is -0.0400. The predicted molar refractivity (Wildman–Crippen MR) is 101 cm³/mol. The molecule has 136 valence electrons. The van der Waals surface area contributed by atoms with E-state index in [4.69, 9.17) is 0 Å². The summed E-state index contributed by atoms with van der Waals surface area (Å²) in [5, 5.41) is 10.8. The van der Waals surface area contributed by atoms with Crippen molar-refractivity contribution < 1.29 is 5.11 Å². The minimum atomic E-state index is -0.303. The average Bonchev–Trinajstić information content (AvgIpc) is 2.57. The van der Waals surface area contributed by atoms with E-state index in [2.05, 4.69) is 13.8 Å². The minimum Gasteiger partial charge on any atom is -0.390 e. The second kappa shape index (κ2) is 10.1. The molecule has 0 amide bonds. The fraction of sp³-hybridized carbons (Fsp3) is 1.00. The Morgan fingerprint density at radius 2 is 1.30 bits per heavy atom. The van der Waals surface area contributed by atoms with Crippen molar-refractivity contribution in [3.05, 3.63) is 0 Å². The number of rotatable bonds is 9. The van der Waals surface area contributed by atoms with Crippen molar-refractivity contribution in [2.75, 3.05) is 0 Å². The zero-order valence-electron chi connectivity index (χ0n) is 16.0. The van der Waals surface area contributed by atoms with Gasteiger partial charge in [0.1, 0.15) is 0 Å². The molecule has 1 heteroatoms. The van der Waals surface area contributed by atoms with E-state index < -0.39 is 0 Å². The van der Waals surface area contributed by atoms with Crippen LogP contribution in [0.25, 0.3) is 0 Å². The smallest absolute Gasteiger partial charge is 0.0648 e. The molecule has 0 heterocycles. The molecule has 2 saturated carbocycles. The van der Waals surface area contributed by atoms with Crippen molar-refractivity contribution in [2.24, 2.45) is 17.8 Å². The molecular formula is C22H42O. The van der Waals surface area contributed by atoms with E-state index in [1.165, 1.54) is 83.5 Å². The lowest BCUT2D eigenvalue weighted by atomic mass is 9.67. The Morgan fingerprint density at radius 1 is 0.739 bits per heavy atom. The van der Waals surface area contributed by atoms with Gasteiger partial charge in [0, 0.05) is 0 Å². The average molecular weight is 323 g/mol. The summed E-state index contributed by atoms with van der Waals surface area (Å²) < 4.78 is 0. The largest absolute Gasteiger partial charge is 0.390 e. The van der Waals surface area contributed by atoms with Crippen molar-refractivity contribution in [3.63, 3.8) is 0 Å². The Bertz CT molecular complexity index is 295. The summed E-state index contributed by atoms with van der Waals surface area (Å²) in [6, 6.07) is 0. The molecule has 0 bridgehead atoms. The molecule has 23 heavy (non-hydrogen) atoms. The standard InChI is InChI=1S/C22H42O/c1-3-5-7-9-19-10-12-20(13-11-19)21-14-17-22(23,18-15-21)16-8-6-4-2/h19-21,23H,3-18H2,1-2H3. The van der Waals surface area contributed by atoms with Crippen LogP contribution in [0, 0.1) is 17.8 Å². The Kier molecular flexibility index (Phi) is 8.44. The molecule has 2 fully saturated rings. The van der Waals surface area contributed by atoms with Crippen LogP contribution < -0.4 is 0 Å². The molecule has 0 atom stereocenters. The second-order valence-electron chi connectivity index (χ2n) is 8.80. The van der Waals surface area contributed by atoms with Crippen LogP contribution >= 0.6 is 0 Å². The van der Waals surface area contributed by atoms with E-state index in [0.29, 0.717) is 0 Å². The lowest BCUT2D eigenvalue weighted by Gasteiger charge is -2.41. The summed E-state index contributed by atoms with van der Waals surface area (Å²) in [6.45, 7) is 4.56. The van der Waals surface area contributed by atoms with Crippen LogP contribution in [-0.4, -0.2) is 10.7 Å². The maximum absolute atomic E-state index is 10.8. The van der Waals surface area contributed by atoms with Crippen LogP contribution in [-0.2, 0) is 0 Å². The Labute approximate surface area is 145 Å². The molecule has 0 spiro atoms. The van der Waals surface area contributed by atoms with E-state index in [1.807, 2.05) is 0 Å². The minimum absolute atomic E-state index is 0.303. The topological polar surface area (TPSA) is 20.2 Å². The van der Waals surface area contributed by atoms with Crippen LogP contribution in [0.3, 0.4) is 0 Å². The highest BCUT2D eigenvalue weighted by atomic mass is 16.3. The first kappa shape index (κ1) is 19.3. The molecule has 2 aliphatic carbocycles. The van der Waals surface area contributed by atoms with Crippen molar-refractivity contribution in [3.8, 4) is 0 Å².